The Morgan fingerprint density at radius 2 is 1.80 bits per heavy atom. The van der Waals surface area contributed by atoms with E-state index in [2.05, 4.69) is 22.9 Å². The smallest absolute Gasteiger partial charge is 0.311 e. The van der Waals surface area contributed by atoms with Crippen LogP contribution < -0.4 is 0 Å². The van der Waals surface area contributed by atoms with E-state index in [9.17, 15) is 20.2 Å². The molecule has 0 radical (unpaired) electrons. The van der Waals surface area contributed by atoms with E-state index in [1.165, 1.54) is 14.1 Å². The lowest BCUT2D eigenvalue weighted by Gasteiger charge is -2.51. The largest absolute Gasteiger partial charge is 0.633 e. The number of likely N-dealkylation sites (N-methyl/N-ethyl adjacent to an activating group) is 1. The molecule has 4 aliphatic rings. The fourth-order valence-corrected chi connectivity index (χ4v) is 7.98. The van der Waals surface area contributed by atoms with E-state index < -0.39 is 76.2 Å². The zero-order valence-corrected chi connectivity index (χ0v) is 26.8. The maximum Gasteiger partial charge on any atom is 0.311 e. The SMILES string of the molecule is CC[C@H]1OC(=O)[C@H](C)[C@@H](O)[C@H](C)[C@@H](O[C@@H]2O[C@H](C)C[C@H]([N+](C)(C)[O-])[C@H]2O)[C@@]2(C)C[C@@H](C)C3(O2)O[C@@]1(C)C=C3CBr. The van der Waals surface area contributed by atoms with Gasteiger partial charge in [-0.05, 0) is 52.2 Å². The van der Waals surface area contributed by atoms with Crippen LogP contribution in [0.2, 0.25) is 0 Å². The van der Waals surface area contributed by atoms with Gasteiger partial charge in [0, 0.05) is 23.6 Å². The quantitative estimate of drug-likeness (QED) is 0.154. The number of hydrogen-bond acceptors (Lipinski definition) is 9. The molecule has 2 N–H and O–H groups in total. The highest BCUT2D eigenvalue weighted by Gasteiger charge is 2.65. The van der Waals surface area contributed by atoms with Gasteiger partial charge in [-0.2, -0.15) is 0 Å². The van der Waals surface area contributed by atoms with Crippen LogP contribution in [-0.4, -0.2) is 100 Å². The van der Waals surface area contributed by atoms with Crippen molar-refractivity contribution in [1.82, 2.24) is 0 Å². The molecule has 0 aromatic rings. The Bertz CT molecular complexity index is 989. The Kier molecular flexibility index (Phi) is 8.99. The predicted molar refractivity (Wildman–Crippen MR) is 151 cm³/mol. The van der Waals surface area contributed by atoms with E-state index in [4.69, 9.17) is 23.7 Å². The van der Waals surface area contributed by atoms with Crippen LogP contribution in [0.25, 0.3) is 0 Å². The molecule has 4 rings (SSSR count). The monoisotopic (exact) mass is 633 g/mol. The Balaban J connectivity index is 1.79. The summed E-state index contributed by atoms with van der Waals surface area (Å²) in [6, 6.07) is -0.663. The fourth-order valence-electron chi connectivity index (χ4n) is 7.42. The van der Waals surface area contributed by atoms with Gasteiger partial charge in [0.25, 0.3) is 0 Å². The van der Waals surface area contributed by atoms with Crippen LogP contribution in [0.3, 0.4) is 0 Å². The molecule has 1 unspecified atom stereocenters. The van der Waals surface area contributed by atoms with Gasteiger partial charge in [-0.25, -0.2) is 0 Å². The van der Waals surface area contributed by atoms with Crippen LogP contribution in [-0.2, 0) is 28.5 Å². The minimum Gasteiger partial charge on any atom is -0.633 e. The van der Waals surface area contributed by atoms with Crippen LogP contribution in [0.5, 0.6) is 0 Å². The molecule has 13 atom stereocenters. The topological polar surface area (TPSA) is 127 Å². The van der Waals surface area contributed by atoms with Crippen molar-refractivity contribution in [1.29, 1.82) is 0 Å². The van der Waals surface area contributed by atoms with Crippen LogP contribution in [0.15, 0.2) is 11.6 Å². The Morgan fingerprint density at radius 3 is 2.38 bits per heavy atom. The lowest BCUT2D eigenvalue weighted by molar-refractivity contribution is -0.874. The molecule has 0 aromatic carbocycles. The molecule has 0 saturated carbocycles. The number of aliphatic hydroxyl groups excluding tert-OH is 2. The summed E-state index contributed by atoms with van der Waals surface area (Å²) in [6.07, 6.45) is -1.82. The number of halogens is 1. The average molecular weight is 635 g/mol. The number of carbonyl (C=O) groups is 1. The first-order valence-electron chi connectivity index (χ1n) is 14.5. The van der Waals surface area contributed by atoms with E-state index in [0.717, 1.165) is 5.57 Å². The van der Waals surface area contributed by atoms with Crippen molar-refractivity contribution in [3.8, 4) is 0 Å². The van der Waals surface area contributed by atoms with Gasteiger partial charge in [0.1, 0.15) is 17.7 Å². The molecule has 40 heavy (non-hydrogen) atoms. The van der Waals surface area contributed by atoms with Crippen molar-refractivity contribution in [2.24, 2.45) is 17.8 Å². The number of alkyl halides is 1. The molecule has 0 aliphatic carbocycles. The molecular formula is C29H48BrNO9. The van der Waals surface area contributed by atoms with Gasteiger partial charge in [-0.15, -0.1) is 0 Å². The molecule has 3 fully saturated rings. The summed E-state index contributed by atoms with van der Waals surface area (Å²) >= 11 is 3.62. The number of fused-ring (bicyclic) bond motifs is 2. The normalized spacial score (nSPS) is 50.1. The van der Waals surface area contributed by atoms with Crippen molar-refractivity contribution in [2.45, 2.75) is 128 Å². The van der Waals surface area contributed by atoms with Gasteiger partial charge < -0.3 is 43.8 Å². The highest BCUT2D eigenvalue weighted by atomic mass is 79.9. The summed E-state index contributed by atoms with van der Waals surface area (Å²) in [5.41, 5.74) is -1.05. The van der Waals surface area contributed by atoms with E-state index >= 15 is 0 Å². The molecule has 3 bridgehead atoms. The summed E-state index contributed by atoms with van der Waals surface area (Å²) in [6.45, 7) is 13.1. The fraction of sp³-hybridized carbons (Fsp3) is 0.897. The van der Waals surface area contributed by atoms with Gasteiger partial charge in [0.15, 0.2) is 18.2 Å². The molecule has 4 heterocycles. The Morgan fingerprint density at radius 1 is 1.15 bits per heavy atom. The van der Waals surface area contributed by atoms with Crippen molar-refractivity contribution in [3.05, 3.63) is 16.9 Å². The van der Waals surface area contributed by atoms with Crippen LogP contribution >= 0.6 is 15.9 Å². The number of nitrogens with zero attached hydrogens (tertiary/aromatic N) is 1. The number of aliphatic hydroxyl groups is 2. The third kappa shape index (κ3) is 5.43. The Hall–Kier alpha value is -0.630. The van der Waals surface area contributed by atoms with E-state index in [1.54, 1.807) is 13.8 Å². The van der Waals surface area contributed by atoms with Crippen LogP contribution in [0.1, 0.15) is 67.7 Å². The predicted octanol–water partition coefficient (Wildman–Crippen LogP) is 3.40. The molecule has 1 spiro atoms. The second kappa shape index (κ2) is 11.1. The minimum absolute atomic E-state index is 0.119. The molecule has 0 aromatic heterocycles. The zero-order chi connectivity index (χ0) is 30.0. The molecule has 3 saturated heterocycles. The Labute approximate surface area is 246 Å². The summed E-state index contributed by atoms with van der Waals surface area (Å²) in [5.74, 6) is -3.26. The first-order valence-corrected chi connectivity index (χ1v) is 15.6. The first kappa shape index (κ1) is 32.3. The number of ether oxygens (including phenoxy) is 5. The first-order chi connectivity index (χ1) is 18.4. The zero-order valence-electron chi connectivity index (χ0n) is 25.3. The van der Waals surface area contributed by atoms with Gasteiger partial charge >= 0.3 is 5.97 Å². The van der Waals surface area contributed by atoms with Gasteiger partial charge in [-0.1, -0.05) is 36.7 Å². The number of esters is 1. The molecule has 4 aliphatic heterocycles. The second-order valence-electron chi connectivity index (χ2n) is 13.3. The molecule has 0 amide bonds. The van der Waals surface area contributed by atoms with Crippen molar-refractivity contribution >= 4 is 21.9 Å². The number of rotatable bonds is 5. The standard InChI is InChI=1S/C29H48BrNO9/c1-10-21-27(6)13-19(14-30)29(39-27)15(2)12-28(7,40-29)24(17(4)22(32)18(5)25(34)37-21)38-26-23(33)20(31(8,9)35)11-16(3)36-26/h13,15-18,20-24,26,32-33H,10-12,14H2,1-9H3/t15-,16-,17+,18-,20+,21-,22+,23-,24-,26+,27+,28-,29?/m1/s1. The van der Waals surface area contributed by atoms with Crippen molar-refractivity contribution in [2.75, 3.05) is 19.4 Å². The summed E-state index contributed by atoms with van der Waals surface area (Å²) in [5, 5.41) is 36.2. The number of cyclic esters (lactones) is 1. The third-order valence-electron chi connectivity index (χ3n) is 9.63. The minimum atomic E-state index is -1.21. The van der Waals surface area contributed by atoms with Gasteiger partial charge in [0.05, 0.1) is 43.9 Å². The highest BCUT2D eigenvalue weighted by molar-refractivity contribution is 9.09. The number of carbonyl (C=O) groups excluding carboxylic acids is 1. The summed E-state index contributed by atoms with van der Waals surface area (Å²) < 4.78 is 31.7. The number of hydroxylamine groups is 3. The highest BCUT2D eigenvalue weighted by Crippen LogP contribution is 2.56. The van der Waals surface area contributed by atoms with Crippen LogP contribution in [0.4, 0.5) is 0 Å². The number of hydrogen-bond donors (Lipinski definition) is 2. The maximum absolute atomic E-state index is 13.3. The summed E-state index contributed by atoms with van der Waals surface area (Å²) in [7, 11) is 3.00. The van der Waals surface area contributed by atoms with E-state index in [-0.39, 0.29) is 12.0 Å². The van der Waals surface area contributed by atoms with E-state index in [0.29, 0.717) is 24.6 Å². The lowest BCUT2D eigenvalue weighted by Crippen LogP contribution is -2.62. The average Bonchev–Trinajstić information content (AvgIpc) is 3.31. The van der Waals surface area contributed by atoms with E-state index in [1.807, 2.05) is 33.8 Å². The van der Waals surface area contributed by atoms with Crippen molar-refractivity contribution < 1.29 is 43.3 Å². The molecule has 230 valence electrons. The van der Waals surface area contributed by atoms with Gasteiger partial charge in [-0.3, -0.25) is 4.79 Å². The van der Waals surface area contributed by atoms with Crippen molar-refractivity contribution in [3.63, 3.8) is 0 Å². The molecule has 10 nitrogen and oxygen atoms in total. The second-order valence-corrected chi connectivity index (χ2v) is 13.9. The molecular weight excluding hydrogens is 586 g/mol. The maximum atomic E-state index is 13.3. The molecule has 11 heteroatoms. The summed E-state index contributed by atoms with van der Waals surface area (Å²) in [4.78, 5) is 13.3. The van der Waals surface area contributed by atoms with Gasteiger partial charge in [0.2, 0.25) is 0 Å². The lowest BCUT2D eigenvalue weighted by atomic mass is 9.78. The number of quaternary nitrogens is 1. The third-order valence-corrected chi connectivity index (χ3v) is 10.2. The van der Waals surface area contributed by atoms with Crippen LogP contribution in [0, 0.1) is 23.0 Å².